The number of ether oxygens (including phenoxy) is 2. The van der Waals surface area contributed by atoms with Gasteiger partial charge in [-0.05, 0) is 55.4 Å². The molecule has 3 rings (SSSR count). The molecule has 6 nitrogen and oxygen atoms in total. The van der Waals surface area contributed by atoms with Crippen molar-refractivity contribution in [3.8, 4) is 17.2 Å². The van der Waals surface area contributed by atoms with Gasteiger partial charge in [0.2, 0.25) is 5.89 Å². The van der Waals surface area contributed by atoms with E-state index in [-0.39, 0.29) is 5.97 Å². The van der Waals surface area contributed by atoms with Gasteiger partial charge in [0.25, 0.3) is 5.22 Å². The van der Waals surface area contributed by atoms with Crippen molar-refractivity contribution in [2.24, 2.45) is 0 Å². The van der Waals surface area contributed by atoms with E-state index in [0.717, 1.165) is 16.9 Å². The van der Waals surface area contributed by atoms with Gasteiger partial charge in [-0.1, -0.05) is 30.3 Å². The normalized spacial score (nSPS) is 11.8. The van der Waals surface area contributed by atoms with Crippen molar-refractivity contribution in [2.45, 2.75) is 24.3 Å². The number of rotatable bonds is 8. The zero-order valence-corrected chi connectivity index (χ0v) is 15.9. The van der Waals surface area contributed by atoms with Crippen molar-refractivity contribution in [1.82, 2.24) is 10.2 Å². The van der Waals surface area contributed by atoms with Crippen LogP contribution < -0.4 is 4.74 Å². The molecule has 0 fully saturated rings. The highest BCUT2D eigenvalue weighted by molar-refractivity contribution is 8.00. The molecule has 1 aromatic heterocycles. The van der Waals surface area contributed by atoms with Gasteiger partial charge in [0.05, 0.1) is 13.2 Å². The summed E-state index contributed by atoms with van der Waals surface area (Å²) in [6.07, 6.45) is 0. The summed E-state index contributed by atoms with van der Waals surface area (Å²) in [5, 5.41) is 7.89. The molecule has 0 aliphatic rings. The third-order valence-electron chi connectivity index (χ3n) is 3.64. The minimum Gasteiger partial charge on any atom is -0.494 e. The van der Waals surface area contributed by atoms with Gasteiger partial charge in [-0.25, -0.2) is 0 Å². The Bertz CT molecular complexity index is 865. The average Bonchev–Trinajstić information content (AvgIpc) is 3.16. The lowest BCUT2D eigenvalue weighted by Crippen LogP contribution is -2.13. The maximum absolute atomic E-state index is 12.4. The molecule has 27 heavy (non-hydrogen) atoms. The first-order valence-electron chi connectivity index (χ1n) is 8.66. The summed E-state index contributed by atoms with van der Waals surface area (Å²) in [6, 6.07) is 16.8. The van der Waals surface area contributed by atoms with Crippen LogP contribution >= 0.6 is 11.8 Å². The Kier molecular flexibility index (Phi) is 6.49. The summed E-state index contributed by atoms with van der Waals surface area (Å²) >= 11 is 1.18. The van der Waals surface area contributed by atoms with E-state index < -0.39 is 5.25 Å². The smallest absolute Gasteiger partial charge is 0.324 e. The number of hydrogen-bond donors (Lipinski definition) is 0. The monoisotopic (exact) mass is 384 g/mol. The van der Waals surface area contributed by atoms with Crippen molar-refractivity contribution in [3.05, 3.63) is 60.2 Å². The molecule has 0 unspecified atom stereocenters. The van der Waals surface area contributed by atoms with E-state index in [4.69, 9.17) is 13.9 Å². The molecular formula is C20H20N2O4S. The Morgan fingerprint density at radius 2 is 1.78 bits per heavy atom. The molecule has 1 atom stereocenters. The van der Waals surface area contributed by atoms with Crippen LogP contribution in [-0.2, 0) is 9.53 Å². The van der Waals surface area contributed by atoms with E-state index >= 15 is 0 Å². The van der Waals surface area contributed by atoms with Crippen LogP contribution in [-0.4, -0.2) is 29.4 Å². The zero-order valence-electron chi connectivity index (χ0n) is 15.1. The molecule has 140 valence electrons. The fourth-order valence-corrected chi connectivity index (χ4v) is 3.31. The first-order chi connectivity index (χ1) is 13.2. The van der Waals surface area contributed by atoms with Gasteiger partial charge in [-0.3, -0.25) is 4.79 Å². The molecule has 0 saturated carbocycles. The number of carbonyl (C=O) groups excluding carboxylic acids is 1. The molecule has 7 heteroatoms. The number of esters is 1. The van der Waals surface area contributed by atoms with E-state index in [9.17, 15) is 4.79 Å². The Hall–Kier alpha value is -2.80. The van der Waals surface area contributed by atoms with Gasteiger partial charge >= 0.3 is 5.97 Å². The van der Waals surface area contributed by atoms with E-state index in [1.54, 1.807) is 6.92 Å². The van der Waals surface area contributed by atoms with Crippen molar-refractivity contribution in [1.29, 1.82) is 0 Å². The maximum Gasteiger partial charge on any atom is 0.324 e. The Labute approximate surface area is 161 Å². The fourth-order valence-electron chi connectivity index (χ4n) is 2.43. The van der Waals surface area contributed by atoms with Crippen molar-refractivity contribution < 1.29 is 18.7 Å². The molecule has 2 aromatic carbocycles. The molecule has 0 aliphatic carbocycles. The summed E-state index contributed by atoms with van der Waals surface area (Å²) in [6.45, 7) is 4.63. The lowest BCUT2D eigenvalue weighted by Gasteiger charge is -2.13. The number of benzene rings is 2. The quantitative estimate of drug-likeness (QED) is 0.417. The number of aromatic nitrogens is 2. The molecule has 3 aromatic rings. The summed E-state index contributed by atoms with van der Waals surface area (Å²) < 4.78 is 16.4. The van der Waals surface area contributed by atoms with E-state index in [1.165, 1.54) is 11.8 Å². The molecule has 0 aliphatic heterocycles. The van der Waals surface area contributed by atoms with Crippen molar-refractivity contribution in [3.63, 3.8) is 0 Å². The van der Waals surface area contributed by atoms with Crippen LogP contribution in [0.1, 0.15) is 24.7 Å². The molecule has 1 heterocycles. The van der Waals surface area contributed by atoms with Crippen LogP contribution in [0.25, 0.3) is 11.5 Å². The second-order valence-electron chi connectivity index (χ2n) is 5.49. The Balaban J connectivity index is 1.78. The zero-order chi connectivity index (χ0) is 19.1. The van der Waals surface area contributed by atoms with Gasteiger partial charge in [0.1, 0.15) is 11.0 Å². The predicted molar refractivity (Wildman–Crippen MR) is 103 cm³/mol. The Morgan fingerprint density at radius 1 is 1.04 bits per heavy atom. The van der Waals surface area contributed by atoms with Gasteiger partial charge in [-0.15, -0.1) is 10.2 Å². The van der Waals surface area contributed by atoms with Crippen LogP contribution in [0, 0.1) is 0 Å². The number of thioether (sulfide) groups is 1. The topological polar surface area (TPSA) is 74.5 Å². The minimum absolute atomic E-state index is 0.306. The summed E-state index contributed by atoms with van der Waals surface area (Å²) in [4.78, 5) is 12.4. The SMILES string of the molecule is CCOC(=O)[C@@H](Sc1nnc(-c2ccc(OCC)cc2)o1)c1ccccc1. The average molecular weight is 384 g/mol. The van der Waals surface area contributed by atoms with E-state index in [0.29, 0.717) is 24.3 Å². The molecule has 0 radical (unpaired) electrons. The van der Waals surface area contributed by atoms with Crippen molar-refractivity contribution >= 4 is 17.7 Å². The van der Waals surface area contributed by atoms with E-state index in [2.05, 4.69) is 10.2 Å². The summed E-state index contributed by atoms with van der Waals surface area (Å²) in [5.41, 5.74) is 1.60. The number of hydrogen-bond acceptors (Lipinski definition) is 7. The predicted octanol–water partition coefficient (Wildman–Crippen LogP) is 4.53. The third-order valence-corrected chi connectivity index (χ3v) is 4.71. The molecule has 0 amide bonds. The van der Waals surface area contributed by atoms with Crippen LogP contribution in [0.4, 0.5) is 0 Å². The largest absolute Gasteiger partial charge is 0.494 e. The van der Waals surface area contributed by atoms with Crippen LogP contribution in [0.2, 0.25) is 0 Å². The van der Waals surface area contributed by atoms with Gasteiger partial charge in [0, 0.05) is 5.56 Å². The van der Waals surface area contributed by atoms with Crippen LogP contribution in [0.15, 0.2) is 64.2 Å². The number of nitrogens with zero attached hydrogens (tertiary/aromatic N) is 2. The maximum atomic E-state index is 12.4. The van der Waals surface area contributed by atoms with Gasteiger partial charge < -0.3 is 13.9 Å². The lowest BCUT2D eigenvalue weighted by molar-refractivity contribution is -0.142. The second kappa shape index (κ2) is 9.23. The third kappa shape index (κ3) is 4.89. The molecular weight excluding hydrogens is 364 g/mol. The second-order valence-corrected chi connectivity index (χ2v) is 6.55. The first-order valence-corrected chi connectivity index (χ1v) is 9.54. The van der Waals surface area contributed by atoms with Gasteiger partial charge in [0.15, 0.2) is 0 Å². The Morgan fingerprint density at radius 3 is 2.44 bits per heavy atom. The standard InChI is InChI=1S/C20H20N2O4S/c1-3-24-16-12-10-15(11-13-16)18-21-22-20(26-18)27-17(19(23)25-4-2)14-8-6-5-7-9-14/h5-13,17H,3-4H2,1-2H3/t17-/m0/s1. The van der Waals surface area contributed by atoms with Crippen LogP contribution in [0.3, 0.4) is 0 Å². The molecule has 0 N–H and O–H groups in total. The van der Waals surface area contributed by atoms with E-state index in [1.807, 2.05) is 61.5 Å². The summed E-state index contributed by atoms with van der Waals surface area (Å²) in [5.74, 6) is 0.826. The number of carbonyl (C=O) groups is 1. The molecule has 0 bridgehead atoms. The van der Waals surface area contributed by atoms with Crippen LogP contribution in [0.5, 0.6) is 5.75 Å². The minimum atomic E-state index is -0.570. The van der Waals surface area contributed by atoms with Crippen molar-refractivity contribution in [2.75, 3.05) is 13.2 Å². The highest BCUT2D eigenvalue weighted by atomic mass is 32.2. The fraction of sp³-hybridized carbons (Fsp3) is 0.250. The first kappa shape index (κ1) is 19.0. The molecule has 0 spiro atoms. The van der Waals surface area contributed by atoms with Gasteiger partial charge in [-0.2, -0.15) is 0 Å². The summed E-state index contributed by atoms with van der Waals surface area (Å²) in [7, 11) is 0. The lowest BCUT2D eigenvalue weighted by atomic mass is 10.1. The highest BCUT2D eigenvalue weighted by Crippen LogP contribution is 2.36. The molecule has 0 saturated heterocycles. The highest BCUT2D eigenvalue weighted by Gasteiger charge is 2.26.